The summed E-state index contributed by atoms with van der Waals surface area (Å²) in [5.74, 6) is -1.42. The summed E-state index contributed by atoms with van der Waals surface area (Å²) >= 11 is 1.03. The number of likely N-dealkylation sites (tertiary alicyclic amines) is 1. The summed E-state index contributed by atoms with van der Waals surface area (Å²) < 4.78 is 0. The average molecular weight is 296 g/mol. The molecule has 6 nitrogen and oxygen atoms in total. The van der Waals surface area contributed by atoms with Crippen LogP contribution in [0.25, 0.3) is 0 Å². The lowest BCUT2D eigenvalue weighted by Gasteiger charge is -2.31. The first-order chi connectivity index (χ1) is 9.47. The summed E-state index contributed by atoms with van der Waals surface area (Å²) in [4.78, 5) is 36.1. The minimum atomic E-state index is -1.00. The number of amides is 2. The molecule has 0 bridgehead atoms. The lowest BCUT2D eigenvalue weighted by atomic mass is 9.97. The molecule has 1 saturated heterocycles. The van der Waals surface area contributed by atoms with Gasteiger partial charge in [0.15, 0.2) is 0 Å². The molecule has 108 valence electrons. The Kier molecular flexibility index (Phi) is 4.39. The smallest absolute Gasteiger partial charge is 0.345 e. The molecule has 20 heavy (non-hydrogen) atoms. The first-order valence-electron chi connectivity index (χ1n) is 6.37. The van der Waals surface area contributed by atoms with E-state index < -0.39 is 5.97 Å². The van der Waals surface area contributed by atoms with Crippen molar-refractivity contribution in [2.75, 3.05) is 18.4 Å². The van der Waals surface area contributed by atoms with Crippen LogP contribution in [0.2, 0.25) is 0 Å². The molecule has 2 amide bonds. The summed E-state index contributed by atoms with van der Waals surface area (Å²) in [6, 6.07) is 3.04. The van der Waals surface area contributed by atoms with Crippen molar-refractivity contribution in [3.8, 4) is 0 Å². The van der Waals surface area contributed by atoms with Gasteiger partial charge in [-0.15, -0.1) is 11.3 Å². The number of nitrogens with zero attached hydrogens (tertiary/aromatic N) is 1. The zero-order chi connectivity index (χ0) is 14.7. The zero-order valence-electron chi connectivity index (χ0n) is 11.1. The van der Waals surface area contributed by atoms with Gasteiger partial charge in [0.05, 0.1) is 10.9 Å². The second-order valence-corrected chi connectivity index (χ2v) is 5.85. The van der Waals surface area contributed by atoms with Gasteiger partial charge in [0.1, 0.15) is 4.88 Å². The Balaban J connectivity index is 1.96. The molecule has 1 aliphatic rings. The molecule has 0 aliphatic carbocycles. The van der Waals surface area contributed by atoms with Gasteiger partial charge >= 0.3 is 5.97 Å². The predicted molar refractivity (Wildman–Crippen MR) is 74.9 cm³/mol. The molecule has 1 atom stereocenters. The van der Waals surface area contributed by atoms with Crippen molar-refractivity contribution in [2.45, 2.75) is 19.8 Å². The predicted octanol–water partition coefficient (Wildman–Crippen LogP) is 1.64. The molecule has 0 saturated carbocycles. The third-order valence-corrected chi connectivity index (χ3v) is 4.29. The van der Waals surface area contributed by atoms with Gasteiger partial charge in [-0.25, -0.2) is 4.79 Å². The number of anilines is 1. The number of aromatic carboxylic acids is 1. The van der Waals surface area contributed by atoms with Crippen molar-refractivity contribution in [1.82, 2.24) is 4.90 Å². The maximum Gasteiger partial charge on any atom is 0.345 e. The van der Waals surface area contributed by atoms with Crippen molar-refractivity contribution in [1.29, 1.82) is 0 Å². The van der Waals surface area contributed by atoms with E-state index in [-0.39, 0.29) is 22.6 Å². The normalized spacial score (nSPS) is 18.6. The third-order valence-electron chi connectivity index (χ3n) is 3.30. The topological polar surface area (TPSA) is 86.7 Å². The van der Waals surface area contributed by atoms with Gasteiger partial charge < -0.3 is 15.3 Å². The van der Waals surface area contributed by atoms with E-state index in [0.717, 1.165) is 24.2 Å². The maximum atomic E-state index is 12.1. The van der Waals surface area contributed by atoms with Gasteiger partial charge in [0.2, 0.25) is 11.8 Å². The Hall–Kier alpha value is -1.89. The second kappa shape index (κ2) is 6.04. The third kappa shape index (κ3) is 3.36. The minimum absolute atomic E-state index is 0.0215. The van der Waals surface area contributed by atoms with Crippen molar-refractivity contribution < 1.29 is 19.5 Å². The lowest BCUT2D eigenvalue weighted by molar-refractivity contribution is -0.132. The number of rotatable bonds is 3. The molecule has 1 unspecified atom stereocenters. The number of carboxylic acids is 1. The summed E-state index contributed by atoms with van der Waals surface area (Å²) in [5, 5.41) is 12.1. The summed E-state index contributed by atoms with van der Waals surface area (Å²) in [6.07, 6.45) is 1.55. The molecule has 1 aliphatic heterocycles. The van der Waals surface area contributed by atoms with Crippen molar-refractivity contribution in [3.63, 3.8) is 0 Å². The number of carbonyl (C=O) groups is 3. The SMILES string of the molecule is CC(=O)N1CCCC(C(=O)Nc2ccc(C(=O)O)s2)C1. The van der Waals surface area contributed by atoms with Crippen LogP contribution in [0.5, 0.6) is 0 Å². The van der Waals surface area contributed by atoms with E-state index in [2.05, 4.69) is 5.32 Å². The van der Waals surface area contributed by atoms with Crippen LogP contribution in [-0.4, -0.2) is 40.9 Å². The molecule has 0 aromatic carbocycles. The van der Waals surface area contributed by atoms with Crippen LogP contribution in [-0.2, 0) is 9.59 Å². The average Bonchev–Trinajstić information content (AvgIpc) is 2.87. The van der Waals surface area contributed by atoms with E-state index in [9.17, 15) is 14.4 Å². The van der Waals surface area contributed by atoms with Crippen LogP contribution in [0.4, 0.5) is 5.00 Å². The van der Waals surface area contributed by atoms with Gasteiger partial charge in [-0.2, -0.15) is 0 Å². The molecule has 1 aromatic heterocycles. The molecule has 2 rings (SSSR count). The maximum absolute atomic E-state index is 12.1. The second-order valence-electron chi connectivity index (χ2n) is 4.76. The Labute approximate surface area is 120 Å². The Morgan fingerprint density at radius 1 is 1.40 bits per heavy atom. The first kappa shape index (κ1) is 14.5. The van der Waals surface area contributed by atoms with Crippen LogP contribution in [0.15, 0.2) is 12.1 Å². The molecule has 7 heteroatoms. The first-order valence-corrected chi connectivity index (χ1v) is 7.18. The molecule has 2 heterocycles. The van der Waals surface area contributed by atoms with Gasteiger partial charge in [-0.1, -0.05) is 0 Å². The molecule has 2 N–H and O–H groups in total. The van der Waals surface area contributed by atoms with Gasteiger partial charge in [0.25, 0.3) is 0 Å². The van der Waals surface area contributed by atoms with Gasteiger partial charge in [-0.3, -0.25) is 9.59 Å². The highest BCUT2D eigenvalue weighted by Crippen LogP contribution is 2.24. The van der Waals surface area contributed by atoms with Gasteiger partial charge in [0, 0.05) is 20.0 Å². The van der Waals surface area contributed by atoms with E-state index in [1.165, 1.54) is 13.0 Å². The fourth-order valence-corrected chi connectivity index (χ4v) is 2.97. The molecule has 1 aromatic rings. The Morgan fingerprint density at radius 3 is 2.75 bits per heavy atom. The van der Waals surface area contributed by atoms with E-state index in [1.54, 1.807) is 11.0 Å². The van der Waals surface area contributed by atoms with Crippen LogP contribution in [0.1, 0.15) is 29.4 Å². The number of carbonyl (C=O) groups excluding carboxylic acids is 2. The van der Waals surface area contributed by atoms with Crippen molar-refractivity contribution >= 4 is 34.1 Å². The highest BCUT2D eigenvalue weighted by molar-refractivity contribution is 7.18. The van der Waals surface area contributed by atoms with Crippen molar-refractivity contribution in [3.05, 3.63) is 17.0 Å². The molecular formula is C13H16N2O4S. The van der Waals surface area contributed by atoms with Crippen LogP contribution >= 0.6 is 11.3 Å². The standard InChI is InChI=1S/C13H16N2O4S/c1-8(16)15-6-2-3-9(7-15)12(17)14-11-5-4-10(20-11)13(18)19/h4-5,9H,2-3,6-7H2,1H3,(H,14,17)(H,18,19). The number of piperidine rings is 1. The molecule has 0 radical (unpaired) electrons. The highest BCUT2D eigenvalue weighted by atomic mass is 32.1. The van der Waals surface area contributed by atoms with Crippen LogP contribution in [0, 0.1) is 5.92 Å². The number of carboxylic acid groups (broad SMARTS) is 1. The Morgan fingerprint density at radius 2 is 2.15 bits per heavy atom. The van der Waals surface area contributed by atoms with Crippen LogP contribution < -0.4 is 5.32 Å². The lowest BCUT2D eigenvalue weighted by Crippen LogP contribution is -2.42. The van der Waals surface area contributed by atoms with E-state index in [0.29, 0.717) is 18.1 Å². The van der Waals surface area contributed by atoms with E-state index in [1.807, 2.05) is 0 Å². The fraction of sp³-hybridized carbons (Fsp3) is 0.462. The quantitative estimate of drug-likeness (QED) is 0.887. The number of hydrogen-bond donors (Lipinski definition) is 2. The Bertz CT molecular complexity index is 540. The molecular weight excluding hydrogens is 280 g/mol. The summed E-state index contributed by atoms with van der Waals surface area (Å²) in [5.41, 5.74) is 0. The molecule has 1 fully saturated rings. The number of hydrogen-bond acceptors (Lipinski definition) is 4. The summed E-state index contributed by atoms with van der Waals surface area (Å²) in [7, 11) is 0. The number of nitrogens with one attached hydrogen (secondary N) is 1. The monoisotopic (exact) mass is 296 g/mol. The van der Waals surface area contributed by atoms with E-state index in [4.69, 9.17) is 5.11 Å². The molecule has 0 spiro atoms. The zero-order valence-corrected chi connectivity index (χ0v) is 11.9. The largest absolute Gasteiger partial charge is 0.477 e. The van der Waals surface area contributed by atoms with Crippen LogP contribution in [0.3, 0.4) is 0 Å². The minimum Gasteiger partial charge on any atom is -0.477 e. The van der Waals surface area contributed by atoms with E-state index >= 15 is 0 Å². The number of thiophene rings is 1. The van der Waals surface area contributed by atoms with Crippen molar-refractivity contribution in [2.24, 2.45) is 5.92 Å². The summed E-state index contributed by atoms with van der Waals surface area (Å²) in [6.45, 7) is 2.62. The fourth-order valence-electron chi connectivity index (χ4n) is 2.22. The highest BCUT2D eigenvalue weighted by Gasteiger charge is 2.27. The van der Waals surface area contributed by atoms with Gasteiger partial charge in [-0.05, 0) is 25.0 Å².